The Morgan fingerprint density at radius 2 is 2.16 bits per heavy atom. The van der Waals surface area contributed by atoms with Gasteiger partial charge in [0.25, 0.3) is 0 Å². The van der Waals surface area contributed by atoms with Gasteiger partial charge in [-0.1, -0.05) is 24.9 Å². The van der Waals surface area contributed by atoms with Crippen LogP contribution in [0.2, 0.25) is 5.02 Å². The summed E-state index contributed by atoms with van der Waals surface area (Å²) >= 11 is 6.12. The zero-order valence-electron chi connectivity index (χ0n) is 11.8. The van der Waals surface area contributed by atoms with Crippen LogP contribution in [0.1, 0.15) is 44.7 Å². The highest BCUT2D eigenvalue weighted by Crippen LogP contribution is 2.30. The van der Waals surface area contributed by atoms with Crippen LogP contribution in [-0.2, 0) is 6.54 Å². The van der Waals surface area contributed by atoms with Gasteiger partial charge in [-0.05, 0) is 44.7 Å². The third-order valence-corrected chi connectivity index (χ3v) is 4.22. The molecule has 2 atom stereocenters. The summed E-state index contributed by atoms with van der Waals surface area (Å²) in [6.07, 6.45) is 6.51. The van der Waals surface area contributed by atoms with Crippen LogP contribution in [0.25, 0.3) is 0 Å². The maximum atomic E-state index is 6.12. The predicted octanol–water partition coefficient (Wildman–Crippen LogP) is 3.80. The Bertz CT molecular complexity index is 411. The molecule has 0 saturated heterocycles. The second kappa shape index (κ2) is 7.11. The fraction of sp³-hybridized carbons (Fsp3) is 0.667. The molecule has 1 aliphatic rings. The molecule has 1 aliphatic carbocycles. The SMILES string of the molecule is CCC1CCCCC1Oc1ccc(Cl)c(CNC)n1. The van der Waals surface area contributed by atoms with Crippen molar-refractivity contribution in [1.29, 1.82) is 0 Å². The normalized spacial score (nSPS) is 23.3. The van der Waals surface area contributed by atoms with Gasteiger partial charge in [0.05, 0.1) is 10.7 Å². The Morgan fingerprint density at radius 1 is 1.37 bits per heavy atom. The molecule has 19 heavy (non-hydrogen) atoms. The summed E-state index contributed by atoms with van der Waals surface area (Å²) in [7, 11) is 1.89. The van der Waals surface area contributed by atoms with E-state index in [1.165, 1.54) is 25.7 Å². The zero-order valence-corrected chi connectivity index (χ0v) is 12.5. The molecule has 106 valence electrons. The van der Waals surface area contributed by atoms with E-state index in [4.69, 9.17) is 16.3 Å². The third kappa shape index (κ3) is 3.83. The van der Waals surface area contributed by atoms with Gasteiger partial charge in [-0.15, -0.1) is 0 Å². The van der Waals surface area contributed by atoms with Gasteiger partial charge in [0.15, 0.2) is 0 Å². The van der Waals surface area contributed by atoms with Crippen LogP contribution in [0.5, 0.6) is 5.88 Å². The van der Waals surface area contributed by atoms with E-state index in [1.807, 2.05) is 19.2 Å². The molecule has 1 saturated carbocycles. The average Bonchev–Trinajstić information content (AvgIpc) is 2.43. The molecule has 0 spiro atoms. The molecular weight excluding hydrogens is 260 g/mol. The fourth-order valence-corrected chi connectivity index (χ4v) is 2.94. The Hall–Kier alpha value is -0.800. The smallest absolute Gasteiger partial charge is 0.213 e. The molecule has 1 fully saturated rings. The van der Waals surface area contributed by atoms with Gasteiger partial charge in [-0.25, -0.2) is 4.98 Å². The summed E-state index contributed by atoms with van der Waals surface area (Å²) in [5.41, 5.74) is 0.852. The van der Waals surface area contributed by atoms with Crippen LogP contribution in [-0.4, -0.2) is 18.1 Å². The minimum atomic E-state index is 0.315. The van der Waals surface area contributed by atoms with Gasteiger partial charge in [-0.2, -0.15) is 0 Å². The standard InChI is InChI=1S/C15H23ClN2O/c1-3-11-6-4-5-7-14(11)19-15-9-8-12(16)13(18-15)10-17-2/h8-9,11,14,17H,3-7,10H2,1-2H3. The summed E-state index contributed by atoms with van der Waals surface area (Å²) in [6.45, 7) is 2.91. The molecule has 2 unspecified atom stereocenters. The predicted molar refractivity (Wildman–Crippen MR) is 78.7 cm³/mol. The molecule has 2 rings (SSSR count). The van der Waals surface area contributed by atoms with Crippen LogP contribution in [0.4, 0.5) is 0 Å². The fourth-order valence-electron chi connectivity index (χ4n) is 2.77. The number of aromatic nitrogens is 1. The van der Waals surface area contributed by atoms with Gasteiger partial charge >= 0.3 is 0 Å². The van der Waals surface area contributed by atoms with Crippen molar-refractivity contribution in [3.8, 4) is 5.88 Å². The lowest BCUT2D eigenvalue weighted by Gasteiger charge is -2.30. The molecular formula is C15H23ClN2O. The molecule has 0 amide bonds. The molecule has 3 nitrogen and oxygen atoms in total. The quantitative estimate of drug-likeness (QED) is 0.892. The molecule has 1 aromatic heterocycles. The molecule has 1 heterocycles. The van der Waals surface area contributed by atoms with Crippen molar-refractivity contribution in [1.82, 2.24) is 10.3 Å². The first-order chi connectivity index (χ1) is 9.24. The molecule has 1 N–H and O–H groups in total. The van der Waals surface area contributed by atoms with E-state index in [0.29, 0.717) is 29.5 Å². The molecule has 0 radical (unpaired) electrons. The lowest BCUT2D eigenvalue weighted by atomic mass is 9.85. The van der Waals surface area contributed by atoms with Gasteiger partial charge in [0, 0.05) is 12.6 Å². The maximum absolute atomic E-state index is 6.12. The Labute approximate surface area is 120 Å². The molecule has 0 aliphatic heterocycles. The number of ether oxygens (including phenoxy) is 1. The Balaban J connectivity index is 2.07. The summed E-state index contributed by atoms with van der Waals surface area (Å²) in [6, 6.07) is 3.75. The minimum absolute atomic E-state index is 0.315. The van der Waals surface area contributed by atoms with Crippen molar-refractivity contribution in [3.05, 3.63) is 22.8 Å². The number of pyridine rings is 1. The van der Waals surface area contributed by atoms with Gasteiger partial charge in [-0.3, -0.25) is 0 Å². The van der Waals surface area contributed by atoms with E-state index in [2.05, 4.69) is 17.2 Å². The number of hydrogen-bond donors (Lipinski definition) is 1. The number of nitrogens with one attached hydrogen (secondary N) is 1. The molecule has 0 bridgehead atoms. The topological polar surface area (TPSA) is 34.1 Å². The maximum Gasteiger partial charge on any atom is 0.213 e. The van der Waals surface area contributed by atoms with E-state index in [0.717, 1.165) is 12.1 Å². The van der Waals surface area contributed by atoms with Crippen LogP contribution >= 0.6 is 11.6 Å². The van der Waals surface area contributed by atoms with Crippen molar-refractivity contribution < 1.29 is 4.74 Å². The first kappa shape index (κ1) is 14.6. The highest BCUT2D eigenvalue weighted by Gasteiger charge is 2.25. The van der Waals surface area contributed by atoms with Crippen LogP contribution in [0.3, 0.4) is 0 Å². The van der Waals surface area contributed by atoms with Crippen molar-refractivity contribution in [2.45, 2.75) is 51.7 Å². The van der Waals surface area contributed by atoms with Gasteiger partial charge in [0.2, 0.25) is 5.88 Å². The lowest BCUT2D eigenvalue weighted by Crippen LogP contribution is -2.30. The second-order valence-electron chi connectivity index (χ2n) is 5.22. The zero-order chi connectivity index (χ0) is 13.7. The summed E-state index contributed by atoms with van der Waals surface area (Å²) in [4.78, 5) is 4.51. The van der Waals surface area contributed by atoms with E-state index in [9.17, 15) is 0 Å². The monoisotopic (exact) mass is 282 g/mol. The highest BCUT2D eigenvalue weighted by molar-refractivity contribution is 6.31. The number of nitrogens with zero attached hydrogens (tertiary/aromatic N) is 1. The average molecular weight is 283 g/mol. The van der Waals surface area contributed by atoms with Crippen molar-refractivity contribution in [2.75, 3.05) is 7.05 Å². The van der Waals surface area contributed by atoms with Crippen LogP contribution < -0.4 is 10.1 Å². The van der Waals surface area contributed by atoms with Crippen molar-refractivity contribution in [3.63, 3.8) is 0 Å². The Morgan fingerprint density at radius 3 is 2.89 bits per heavy atom. The molecule has 4 heteroatoms. The number of rotatable bonds is 5. The number of halogens is 1. The number of hydrogen-bond acceptors (Lipinski definition) is 3. The second-order valence-corrected chi connectivity index (χ2v) is 5.62. The first-order valence-electron chi connectivity index (χ1n) is 7.21. The van der Waals surface area contributed by atoms with Crippen LogP contribution in [0.15, 0.2) is 12.1 Å². The highest BCUT2D eigenvalue weighted by atomic mass is 35.5. The van der Waals surface area contributed by atoms with E-state index >= 15 is 0 Å². The van der Waals surface area contributed by atoms with E-state index in [1.54, 1.807) is 0 Å². The minimum Gasteiger partial charge on any atom is -0.474 e. The van der Waals surface area contributed by atoms with Gasteiger partial charge < -0.3 is 10.1 Å². The largest absolute Gasteiger partial charge is 0.474 e. The van der Waals surface area contributed by atoms with Crippen molar-refractivity contribution in [2.24, 2.45) is 5.92 Å². The Kier molecular flexibility index (Phi) is 5.46. The first-order valence-corrected chi connectivity index (χ1v) is 7.59. The summed E-state index contributed by atoms with van der Waals surface area (Å²) in [5, 5.41) is 3.77. The lowest BCUT2D eigenvalue weighted by molar-refractivity contribution is 0.0856. The van der Waals surface area contributed by atoms with Crippen molar-refractivity contribution >= 4 is 11.6 Å². The van der Waals surface area contributed by atoms with E-state index < -0.39 is 0 Å². The van der Waals surface area contributed by atoms with E-state index in [-0.39, 0.29) is 0 Å². The summed E-state index contributed by atoms with van der Waals surface area (Å²) < 4.78 is 6.10. The molecule has 1 aromatic rings. The van der Waals surface area contributed by atoms with Gasteiger partial charge in [0.1, 0.15) is 6.10 Å². The third-order valence-electron chi connectivity index (χ3n) is 3.87. The van der Waals surface area contributed by atoms with Crippen LogP contribution in [0, 0.1) is 5.92 Å². The molecule has 0 aromatic carbocycles. The summed E-state index contributed by atoms with van der Waals surface area (Å²) in [5.74, 6) is 1.37.